The Morgan fingerprint density at radius 1 is 1.23 bits per heavy atom. The highest BCUT2D eigenvalue weighted by atomic mass is 16.5. The van der Waals surface area contributed by atoms with E-state index < -0.39 is 6.10 Å². The third kappa shape index (κ3) is 6.72. The summed E-state index contributed by atoms with van der Waals surface area (Å²) in [7, 11) is 1.32. The summed E-state index contributed by atoms with van der Waals surface area (Å²) in [6.07, 6.45) is 0.519. The van der Waals surface area contributed by atoms with Crippen LogP contribution in [0.2, 0.25) is 0 Å². The largest absolute Gasteiger partial charge is 0.469 e. The smallest absolute Gasteiger partial charge is 0.307 e. The second kappa shape index (κ2) is 9.20. The number of hydrogen-bond acceptors (Lipinski definition) is 4. The number of aryl methyl sites for hydroxylation is 2. The van der Waals surface area contributed by atoms with Gasteiger partial charge in [-0.25, -0.2) is 0 Å². The zero-order chi connectivity index (χ0) is 16.5. The molecule has 0 radical (unpaired) electrons. The van der Waals surface area contributed by atoms with Crippen LogP contribution in [0.4, 0.5) is 0 Å². The minimum atomic E-state index is -0.624. The van der Waals surface area contributed by atoms with Gasteiger partial charge < -0.3 is 14.7 Å². The summed E-state index contributed by atoms with van der Waals surface area (Å²) in [5.41, 5.74) is 2.29. The van der Waals surface area contributed by atoms with Crippen molar-refractivity contribution in [1.82, 2.24) is 4.90 Å². The molecule has 1 amide bonds. The number of rotatable bonds is 8. The first-order chi connectivity index (χ1) is 10.4. The molecule has 5 nitrogen and oxygen atoms in total. The third-order valence-corrected chi connectivity index (χ3v) is 3.40. The molecule has 0 fully saturated rings. The van der Waals surface area contributed by atoms with Gasteiger partial charge in [0.2, 0.25) is 5.91 Å². The van der Waals surface area contributed by atoms with Crippen LogP contribution in [0.25, 0.3) is 0 Å². The fourth-order valence-corrected chi connectivity index (χ4v) is 2.13. The standard InChI is InChI=1S/C17H25NO4/c1-13-4-6-15(7-5-13)8-9-16(20)18(12-14(2)19)11-10-17(21)22-3/h4-7,14,19H,8-12H2,1-3H3. The molecule has 5 heteroatoms. The zero-order valence-electron chi connectivity index (χ0n) is 13.5. The van der Waals surface area contributed by atoms with Crippen molar-refractivity contribution in [3.63, 3.8) is 0 Å². The zero-order valence-corrected chi connectivity index (χ0v) is 13.5. The summed E-state index contributed by atoms with van der Waals surface area (Å²) in [6.45, 7) is 4.14. The lowest BCUT2D eigenvalue weighted by Crippen LogP contribution is -2.38. The maximum atomic E-state index is 12.3. The molecule has 0 aliphatic heterocycles. The summed E-state index contributed by atoms with van der Waals surface area (Å²) in [4.78, 5) is 25.0. The van der Waals surface area contributed by atoms with Crippen LogP contribution in [0.3, 0.4) is 0 Å². The molecule has 0 saturated heterocycles. The Hall–Kier alpha value is -1.88. The number of methoxy groups -OCH3 is 1. The number of hydrogen-bond donors (Lipinski definition) is 1. The van der Waals surface area contributed by atoms with Gasteiger partial charge in [-0.05, 0) is 25.8 Å². The van der Waals surface area contributed by atoms with Gasteiger partial charge in [-0.1, -0.05) is 29.8 Å². The predicted molar refractivity (Wildman–Crippen MR) is 84.4 cm³/mol. The normalized spacial score (nSPS) is 11.8. The van der Waals surface area contributed by atoms with E-state index in [0.29, 0.717) is 12.8 Å². The van der Waals surface area contributed by atoms with Gasteiger partial charge in [0.25, 0.3) is 0 Å². The monoisotopic (exact) mass is 307 g/mol. The lowest BCUT2D eigenvalue weighted by molar-refractivity contribution is -0.142. The van der Waals surface area contributed by atoms with Gasteiger partial charge in [0, 0.05) is 19.5 Å². The van der Waals surface area contributed by atoms with Gasteiger partial charge in [0.15, 0.2) is 0 Å². The Bertz CT molecular complexity index is 482. The Labute approximate surface area is 131 Å². The molecule has 1 unspecified atom stereocenters. The van der Waals surface area contributed by atoms with Crippen molar-refractivity contribution in [3.8, 4) is 0 Å². The molecule has 22 heavy (non-hydrogen) atoms. The Morgan fingerprint density at radius 3 is 2.41 bits per heavy atom. The fourth-order valence-electron chi connectivity index (χ4n) is 2.13. The number of ether oxygens (including phenoxy) is 1. The molecule has 0 bridgehead atoms. The molecule has 0 aliphatic carbocycles. The average molecular weight is 307 g/mol. The van der Waals surface area contributed by atoms with Crippen molar-refractivity contribution in [3.05, 3.63) is 35.4 Å². The second-order valence-corrected chi connectivity index (χ2v) is 5.50. The number of carbonyl (C=O) groups is 2. The molecule has 1 rings (SSSR count). The van der Waals surface area contributed by atoms with Crippen LogP contribution in [0.15, 0.2) is 24.3 Å². The molecule has 1 atom stereocenters. The molecule has 0 heterocycles. The van der Waals surface area contributed by atoms with Crippen molar-refractivity contribution < 1.29 is 19.4 Å². The van der Waals surface area contributed by atoms with E-state index in [1.807, 2.05) is 31.2 Å². The Balaban J connectivity index is 2.54. The number of esters is 1. The maximum Gasteiger partial charge on any atom is 0.307 e. The van der Waals surface area contributed by atoms with Gasteiger partial charge >= 0.3 is 5.97 Å². The molecular formula is C17H25NO4. The third-order valence-electron chi connectivity index (χ3n) is 3.40. The number of amides is 1. The Kier molecular flexibility index (Phi) is 7.60. The van der Waals surface area contributed by atoms with E-state index in [9.17, 15) is 14.7 Å². The highest BCUT2D eigenvalue weighted by molar-refractivity contribution is 5.77. The second-order valence-electron chi connectivity index (χ2n) is 5.50. The first kappa shape index (κ1) is 18.2. The topological polar surface area (TPSA) is 66.8 Å². The number of aliphatic hydroxyl groups is 1. The van der Waals surface area contributed by atoms with E-state index in [4.69, 9.17) is 0 Å². The summed E-state index contributed by atoms with van der Waals surface area (Å²) >= 11 is 0. The average Bonchev–Trinajstić information content (AvgIpc) is 2.49. The van der Waals surface area contributed by atoms with Gasteiger partial charge in [0.1, 0.15) is 0 Å². The molecule has 1 aromatic rings. The van der Waals surface area contributed by atoms with Crippen molar-refractivity contribution in [2.75, 3.05) is 20.2 Å². The molecule has 0 spiro atoms. The highest BCUT2D eigenvalue weighted by Gasteiger charge is 2.17. The first-order valence-corrected chi connectivity index (χ1v) is 7.50. The van der Waals surface area contributed by atoms with Crippen molar-refractivity contribution >= 4 is 11.9 Å². The number of aliphatic hydroxyl groups excluding tert-OH is 1. The molecular weight excluding hydrogens is 282 g/mol. The van der Waals surface area contributed by atoms with E-state index in [1.54, 1.807) is 6.92 Å². The van der Waals surface area contributed by atoms with Crippen LogP contribution >= 0.6 is 0 Å². The van der Waals surface area contributed by atoms with Crippen LogP contribution in [-0.4, -0.2) is 48.2 Å². The summed E-state index contributed by atoms with van der Waals surface area (Å²) in [5, 5.41) is 9.50. The van der Waals surface area contributed by atoms with E-state index in [0.717, 1.165) is 5.56 Å². The minimum absolute atomic E-state index is 0.0645. The van der Waals surface area contributed by atoms with Gasteiger partial charge in [-0.3, -0.25) is 9.59 Å². The van der Waals surface area contributed by atoms with E-state index >= 15 is 0 Å². The van der Waals surface area contributed by atoms with Crippen LogP contribution in [-0.2, 0) is 20.7 Å². The van der Waals surface area contributed by atoms with E-state index in [-0.39, 0.29) is 31.4 Å². The predicted octanol–water partition coefficient (Wildman–Crippen LogP) is 1.70. The molecule has 1 aromatic carbocycles. The molecule has 0 saturated carbocycles. The van der Waals surface area contributed by atoms with Crippen LogP contribution < -0.4 is 0 Å². The summed E-state index contributed by atoms with van der Waals surface area (Å²) in [5.74, 6) is -0.424. The number of nitrogens with zero attached hydrogens (tertiary/aromatic N) is 1. The van der Waals surface area contributed by atoms with Crippen LogP contribution in [0.1, 0.15) is 30.9 Å². The van der Waals surface area contributed by atoms with Crippen molar-refractivity contribution in [1.29, 1.82) is 0 Å². The maximum absolute atomic E-state index is 12.3. The van der Waals surface area contributed by atoms with Gasteiger partial charge in [-0.15, -0.1) is 0 Å². The van der Waals surface area contributed by atoms with Crippen molar-refractivity contribution in [2.45, 2.75) is 39.2 Å². The Morgan fingerprint density at radius 2 is 1.86 bits per heavy atom. The minimum Gasteiger partial charge on any atom is -0.469 e. The summed E-state index contributed by atoms with van der Waals surface area (Å²) in [6, 6.07) is 8.06. The van der Waals surface area contributed by atoms with Crippen LogP contribution in [0.5, 0.6) is 0 Å². The molecule has 0 aliphatic rings. The molecule has 122 valence electrons. The number of carbonyl (C=O) groups excluding carboxylic acids is 2. The van der Waals surface area contributed by atoms with Gasteiger partial charge in [-0.2, -0.15) is 0 Å². The van der Waals surface area contributed by atoms with Crippen LogP contribution in [0, 0.1) is 6.92 Å². The quantitative estimate of drug-likeness (QED) is 0.742. The summed E-state index contributed by atoms with van der Waals surface area (Å²) < 4.78 is 4.59. The van der Waals surface area contributed by atoms with Gasteiger partial charge in [0.05, 0.1) is 19.6 Å². The fraction of sp³-hybridized carbons (Fsp3) is 0.529. The molecule has 1 N–H and O–H groups in total. The lowest BCUT2D eigenvalue weighted by atomic mass is 10.1. The van der Waals surface area contributed by atoms with Crippen molar-refractivity contribution in [2.24, 2.45) is 0 Å². The van der Waals surface area contributed by atoms with E-state index in [1.165, 1.54) is 17.6 Å². The van der Waals surface area contributed by atoms with E-state index in [2.05, 4.69) is 4.74 Å². The number of benzene rings is 1. The molecule has 0 aromatic heterocycles. The first-order valence-electron chi connectivity index (χ1n) is 7.50. The highest BCUT2D eigenvalue weighted by Crippen LogP contribution is 2.08. The SMILES string of the molecule is COC(=O)CCN(CC(C)O)C(=O)CCc1ccc(C)cc1. The lowest BCUT2D eigenvalue weighted by Gasteiger charge is -2.23.